The molecule has 0 saturated carbocycles. The maximum Gasteiger partial charge on any atom is 0.260 e. The lowest BCUT2D eigenvalue weighted by Gasteiger charge is -2.26. The van der Waals surface area contributed by atoms with E-state index in [1.54, 1.807) is 0 Å². The molecule has 0 unspecified atom stereocenters. The van der Waals surface area contributed by atoms with Crippen LogP contribution in [0.25, 0.3) is 0 Å². The Labute approximate surface area is 174 Å². The summed E-state index contributed by atoms with van der Waals surface area (Å²) < 4.78 is 11.6. The number of carbonyl (C=O) groups is 1. The van der Waals surface area contributed by atoms with Crippen LogP contribution < -0.4 is 9.64 Å². The van der Waals surface area contributed by atoms with Crippen molar-refractivity contribution in [3.05, 3.63) is 59.2 Å². The summed E-state index contributed by atoms with van der Waals surface area (Å²) in [4.78, 5) is 16.9. The zero-order valence-electron chi connectivity index (χ0n) is 18.0. The fraction of sp³-hybridized carbons (Fsp3) is 0.458. The van der Waals surface area contributed by atoms with Gasteiger partial charge in [-0.15, -0.1) is 0 Å². The van der Waals surface area contributed by atoms with Crippen LogP contribution in [0.4, 0.5) is 5.69 Å². The molecule has 1 aliphatic rings. The molecule has 0 bridgehead atoms. The molecule has 5 nitrogen and oxygen atoms in total. The van der Waals surface area contributed by atoms with Gasteiger partial charge >= 0.3 is 0 Å². The smallest absolute Gasteiger partial charge is 0.260 e. The van der Waals surface area contributed by atoms with E-state index in [0.29, 0.717) is 13.1 Å². The fourth-order valence-electron chi connectivity index (χ4n) is 3.66. The zero-order chi connectivity index (χ0) is 20.8. The van der Waals surface area contributed by atoms with Crippen LogP contribution in [-0.4, -0.2) is 50.8 Å². The maximum absolute atomic E-state index is 13.0. The number of anilines is 1. The van der Waals surface area contributed by atoms with Gasteiger partial charge in [-0.05, 0) is 67.6 Å². The molecule has 1 aliphatic heterocycles. The number of hydrogen-bond acceptors (Lipinski definition) is 4. The van der Waals surface area contributed by atoms with E-state index in [9.17, 15) is 4.79 Å². The largest absolute Gasteiger partial charge is 0.484 e. The molecule has 1 heterocycles. The van der Waals surface area contributed by atoms with Gasteiger partial charge in [0.25, 0.3) is 5.91 Å². The van der Waals surface area contributed by atoms with Crippen LogP contribution in [0.1, 0.15) is 29.5 Å². The minimum absolute atomic E-state index is 0.0173. The molecule has 1 atom stereocenters. The summed E-state index contributed by atoms with van der Waals surface area (Å²) in [6.45, 7) is 6.04. The van der Waals surface area contributed by atoms with E-state index in [-0.39, 0.29) is 18.6 Å². The Kier molecular flexibility index (Phi) is 7.15. The number of hydrogen-bond donors (Lipinski definition) is 0. The van der Waals surface area contributed by atoms with Crippen molar-refractivity contribution in [3.8, 4) is 5.75 Å². The Morgan fingerprint density at radius 2 is 1.79 bits per heavy atom. The first-order valence-electron chi connectivity index (χ1n) is 10.3. The summed E-state index contributed by atoms with van der Waals surface area (Å²) in [5, 5.41) is 0. The minimum atomic E-state index is -0.0173. The lowest BCUT2D eigenvalue weighted by Crippen LogP contribution is -2.39. The molecule has 2 aromatic rings. The maximum atomic E-state index is 13.0. The summed E-state index contributed by atoms with van der Waals surface area (Å²) in [6, 6.07) is 14.3. The Balaban J connectivity index is 1.67. The Hall–Kier alpha value is -2.53. The van der Waals surface area contributed by atoms with Crippen LogP contribution in [-0.2, 0) is 16.1 Å². The lowest BCUT2D eigenvalue weighted by molar-refractivity contribution is -0.135. The summed E-state index contributed by atoms with van der Waals surface area (Å²) >= 11 is 0. The molecule has 0 radical (unpaired) electrons. The van der Waals surface area contributed by atoms with Gasteiger partial charge in [-0.1, -0.05) is 18.2 Å². The number of amides is 1. The normalized spacial score (nSPS) is 15.9. The molecular formula is C24H32N2O3. The molecule has 0 aliphatic carbocycles. The second-order valence-electron chi connectivity index (χ2n) is 8.08. The van der Waals surface area contributed by atoms with Gasteiger partial charge in [-0.3, -0.25) is 4.79 Å². The molecule has 0 N–H and O–H groups in total. The SMILES string of the molecule is Cc1cc(C)cc(OCC(=O)N(Cc2ccc(N(C)C)cc2)C[C@@H]2CCCO2)c1. The Morgan fingerprint density at radius 3 is 2.38 bits per heavy atom. The van der Waals surface area contributed by atoms with Gasteiger partial charge < -0.3 is 19.3 Å². The quantitative estimate of drug-likeness (QED) is 0.677. The van der Waals surface area contributed by atoms with E-state index < -0.39 is 0 Å². The van der Waals surface area contributed by atoms with Crippen molar-refractivity contribution in [2.45, 2.75) is 39.3 Å². The van der Waals surface area contributed by atoms with Gasteiger partial charge in [0.2, 0.25) is 0 Å². The first kappa shape index (κ1) is 21.2. The van der Waals surface area contributed by atoms with Gasteiger partial charge in [0.15, 0.2) is 6.61 Å². The fourth-order valence-corrected chi connectivity index (χ4v) is 3.66. The monoisotopic (exact) mass is 396 g/mol. The molecule has 5 heteroatoms. The van der Waals surface area contributed by atoms with Crippen molar-refractivity contribution >= 4 is 11.6 Å². The van der Waals surface area contributed by atoms with Gasteiger partial charge in [0, 0.05) is 39.5 Å². The van der Waals surface area contributed by atoms with Crippen molar-refractivity contribution in [2.24, 2.45) is 0 Å². The highest BCUT2D eigenvalue weighted by molar-refractivity contribution is 5.78. The van der Waals surface area contributed by atoms with Crippen LogP contribution in [0.15, 0.2) is 42.5 Å². The topological polar surface area (TPSA) is 42.0 Å². The zero-order valence-corrected chi connectivity index (χ0v) is 18.0. The number of rotatable bonds is 8. The molecule has 1 amide bonds. The van der Waals surface area contributed by atoms with Crippen molar-refractivity contribution in [1.82, 2.24) is 4.90 Å². The van der Waals surface area contributed by atoms with Crippen molar-refractivity contribution in [1.29, 1.82) is 0 Å². The molecule has 3 rings (SSSR count). The Morgan fingerprint density at radius 1 is 1.10 bits per heavy atom. The number of aryl methyl sites for hydroxylation is 2. The van der Waals surface area contributed by atoms with E-state index in [0.717, 1.165) is 47.6 Å². The molecular weight excluding hydrogens is 364 g/mol. The van der Waals surface area contributed by atoms with Crippen molar-refractivity contribution in [2.75, 3.05) is 38.8 Å². The molecule has 1 saturated heterocycles. The van der Waals surface area contributed by atoms with Crippen LogP contribution >= 0.6 is 0 Å². The molecule has 29 heavy (non-hydrogen) atoms. The van der Waals surface area contributed by atoms with E-state index in [2.05, 4.69) is 35.2 Å². The Bertz CT molecular complexity index is 791. The third-order valence-electron chi connectivity index (χ3n) is 5.18. The van der Waals surface area contributed by atoms with E-state index in [1.807, 2.05) is 45.0 Å². The second kappa shape index (κ2) is 9.79. The first-order chi connectivity index (χ1) is 13.9. The number of carbonyl (C=O) groups excluding carboxylic acids is 1. The summed E-state index contributed by atoms with van der Waals surface area (Å²) in [5.74, 6) is 0.722. The predicted molar refractivity (Wildman–Crippen MR) is 117 cm³/mol. The highest BCUT2D eigenvalue weighted by Gasteiger charge is 2.23. The van der Waals surface area contributed by atoms with Gasteiger partial charge in [0.05, 0.1) is 6.10 Å². The van der Waals surface area contributed by atoms with E-state index in [1.165, 1.54) is 0 Å². The predicted octanol–water partition coefficient (Wildman–Crippen LogP) is 3.96. The number of ether oxygens (including phenoxy) is 2. The lowest BCUT2D eigenvalue weighted by atomic mass is 10.1. The number of nitrogens with zero attached hydrogens (tertiary/aromatic N) is 2. The highest BCUT2D eigenvalue weighted by Crippen LogP contribution is 2.19. The van der Waals surface area contributed by atoms with Crippen molar-refractivity contribution < 1.29 is 14.3 Å². The van der Waals surface area contributed by atoms with Crippen LogP contribution in [0, 0.1) is 13.8 Å². The van der Waals surface area contributed by atoms with E-state index in [4.69, 9.17) is 9.47 Å². The van der Waals surface area contributed by atoms with Gasteiger partial charge in [-0.2, -0.15) is 0 Å². The summed E-state index contributed by atoms with van der Waals surface area (Å²) in [5.41, 5.74) is 4.51. The van der Waals surface area contributed by atoms with Crippen molar-refractivity contribution in [3.63, 3.8) is 0 Å². The average Bonchev–Trinajstić information content (AvgIpc) is 3.18. The van der Waals surface area contributed by atoms with Crippen LogP contribution in [0.5, 0.6) is 5.75 Å². The highest BCUT2D eigenvalue weighted by atomic mass is 16.5. The molecule has 2 aromatic carbocycles. The van der Waals surface area contributed by atoms with Crippen LogP contribution in [0.2, 0.25) is 0 Å². The summed E-state index contributed by atoms with van der Waals surface area (Å²) in [7, 11) is 4.04. The van der Waals surface area contributed by atoms with Crippen LogP contribution in [0.3, 0.4) is 0 Å². The molecule has 1 fully saturated rings. The molecule has 0 aromatic heterocycles. The molecule has 0 spiro atoms. The molecule has 156 valence electrons. The second-order valence-corrected chi connectivity index (χ2v) is 8.08. The number of benzene rings is 2. The third kappa shape index (κ3) is 6.23. The standard InChI is InChI=1S/C24H32N2O3/c1-18-12-19(2)14-23(13-18)29-17-24(27)26(16-22-6-5-11-28-22)15-20-7-9-21(10-8-20)25(3)4/h7-10,12-14,22H,5-6,11,15-17H2,1-4H3/t22-/m0/s1. The van der Waals surface area contributed by atoms with Gasteiger partial charge in [0.1, 0.15) is 5.75 Å². The first-order valence-corrected chi connectivity index (χ1v) is 10.3. The minimum Gasteiger partial charge on any atom is -0.484 e. The van der Waals surface area contributed by atoms with Gasteiger partial charge in [-0.25, -0.2) is 0 Å². The van der Waals surface area contributed by atoms with E-state index >= 15 is 0 Å². The summed E-state index contributed by atoms with van der Waals surface area (Å²) in [6.07, 6.45) is 2.17. The average molecular weight is 397 g/mol. The third-order valence-corrected chi connectivity index (χ3v) is 5.18.